The lowest BCUT2D eigenvalue weighted by Gasteiger charge is -2.10. The minimum absolute atomic E-state index is 0.506. The number of hydrogen-bond donors (Lipinski definition) is 1. The number of nitrogens with one attached hydrogen (secondary N) is 1. The monoisotopic (exact) mass is 162 g/mol. The molecule has 1 atom stereocenters. The van der Waals surface area contributed by atoms with Crippen molar-refractivity contribution in [1.82, 2.24) is 10.3 Å². The molecular weight excluding hydrogens is 148 g/mol. The van der Waals surface area contributed by atoms with Gasteiger partial charge >= 0.3 is 0 Å². The van der Waals surface area contributed by atoms with Gasteiger partial charge in [0.25, 0.3) is 0 Å². The molecule has 1 aliphatic rings. The predicted octanol–water partition coefficient (Wildman–Crippen LogP) is 1.68. The summed E-state index contributed by atoms with van der Waals surface area (Å²) in [4.78, 5) is 4.40. The van der Waals surface area contributed by atoms with E-state index < -0.39 is 0 Å². The van der Waals surface area contributed by atoms with E-state index in [0.29, 0.717) is 6.04 Å². The zero-order valence-corrected chi connectivity index (χ0v) is 7.38. The summed E-state index contributed by atoms with van der Waals surface area (Å²) >= 11 is 0. The van der Waals surface area contributed by atoms with E-state index in [9.17, 15) is 0 Å². The van der Waals surface area contributed by atoms with Crippen LogP contribution in [0.4, 0.5) is 0 Å². The van der Waals surface area contributed by atoms with E-state index in [4.69, 9.17) is 0 Å². The van der Waals surface area contributed by atoms with Crippen LogP contribution in [0.25, 0.3) is 0 Å². The molecule has 0 saturated heterocycles. The number of nitrogens with zero attached hydrogens (tertiary/aromatic N) is 1. The quantitative estimate of drug-likeness (QED) is 0.715. The molecule has 2 rings (SSSR count). The second-order valence-corrected chi connectivity index (χ2v) is 3.20. The average molecular weight is 162 g/mol. The smallest absolute Gasteiger partial charge is 0.0605 e. The highest BCUT2D eigenvalue weighted by atomic mass is 14.9. The number of hydrogen-bond acceptors (Lipinski definition) is 2. The van der Waals surface area contributed by atoms with Crippen LogP contribution in [-0.4, -0.2) is 11.5 Å². The molecule has 0 saturated carbocycles. The summed E-state index contributed by atoms with van der Waals surface area (Å²) in [5.74, 6) is 0. The average Bonchev–Trinajstić information content (AvgIpc) is 2.50. The van der Waals surface area contributed by atoms with Crippen LogP contribution in [0.2, 0.25) is 0 Å². The highest BCUT2D eigenvalue weighted by Gasteiger charge is 2.21. The number of aromatic nitrogens is 1. The highest BCUT2D eigenvalue weighted by Crippen LogP contribution is 2.28. The van der Waals surface area contributed by atoms with E-state index >= 15 is 0 Å². The van der Waals surface area contributed by atoms with Crippen LogP contribution in [0, 0.1) is 0 Å². The summed E-state index contributed by atoms with van der Waals surface area (Å²) in [5, 5.41) is 3.44. The van der Waals surface area contributed by atoms with Crippen molar-refractivity contribution in [2.45, 2.75) is 25.8 Å². The summed E-state index contributed by atoms with van der Waals surface area (Å²) < 4.78 is 0. The molecule has 0 aromatic carbocycles. The molecule has 0 aliphatic heterocycles. The zero-order chi connectivity index (χ0) is 8.39. The Balaban J connectivity index is 2.24. The molecule has 2 heteroatoms. The van der Waals surface area contributed by atoms with Gasteiger partial charge in [-0.3, -0.25) is 4.98 Å². The largest absolute Gasteiger partial charge is 0.309 e. The molecule has 1 unspecified atom stereocenters. The first-order valence-electron chi connectivity index (χ1n) is 4.59. The fourth-order valence-electron chi connectivity index (χ4n) is 1.86. The van der Waals surface area contributed by atoms with Gasteiger partial charge in [0.2, 0.25) is 0 Å². The fraction of sp³-hybridized carbons (Fsp3) is 0.500. The van der Waals surface area contributed by atoms with Crippen molar-refractivity contribution >= 4 is 0 Å². The lowest BCUT2D eigenvalue weighted by atomic mass is 10.2. The summed E-state index contributed by atoms with van der Waals surface area (Å²) in [6.45, 7) is 3.17. The standard InChI is InChI=1S/C10H14N2/c1-2-11-9-6-5-8-4-3-7-12-10(8)9/h3-4,7,9,11H,2,5-6H2,1H3. The van der Waals surface area contributed by atoms with Crippen molar-refractivity contribution in [2.24, 2.45) is 0 Å². The SMILES string of the molecule is CCNC1CCc2cccnc21. The van der Waals surface area contributed by atoms with Gasteiger partial charge in [0, 0.05) is 6.20 Å². The van der Waals surface area contributed by atoms with E-state index in [2.05, 4.69) is 23.3 Å². The van der Waals surface area contributed by atoms with E-state index in [0.717, 1.165) is 6.54 Å². The lowest BCUT2D eigenvalue weighted by Crippen LogP contribution is -2.18. The Morgan fingerprint density at radius 2 is 2.58 bits per heavy atom. The summed E-state index contributed by atoms with van der Waals surface area (Å²) in [6.07, 6.45) is 4.27. The highest BCUT2D eigenvalue weighted by molar-refractivity contribution is 5.27. The van der Waals surface area contributed by atoms with E-state index in [1.54, 1.807) is 0 Å². The third kappa shape index (κ3) is 1.23. The Morgan fingerprint density at radius 1 is 1.67 bits per heavy atom. The van der Waals surface area contributed by atoms with Crippen molar-refractivity contribution in [3.8, 4) is 0 Å². The fourth-order valence-corrected chi connectivity index (χ4v) is 1.86. The Kier molecular flexibility index (Phi) is 2.09. The summed E-state index contributed by atoms with van der Waals surface area (Å²) in [7, 11) is 0. The van der Waals surface area contributed by atoms with Crippen molar-refractivity contribution in [1.29, 1.82) is 0 Å². The Morgan fingerprint density at radius 3 is 3.42 bits per heavy atom. The van der Waals surface area contributed by atoms with Gasteiger partial charge in [0.1, 0.15) is 0 Å². The van der Waals surface area contributed by atoms with Crippen LogP contribution in [0.1, 0.15) is 30.6 Å². The molecule has 0 amide bonds. The van der Waals surface area contributed by atoms with Gasteiger partial charge in [-0.15, -0.1) is 0 Å². The van der Waals surface area contributed by atoms with Gasteiger partial charge in [0.15, 0.2) is 0 Å². The molecule has 1 heterocycles. The summed E-state index contributed by atoms with van der Waals surface area (Å²) in [5.41, 5.74) is 2.68. The van der Waals surface area contributed by atoms with Gasteiger partial charge in [0.05, 0.1) is 11.7 Å². The van der Waals surface area contributed by atoms with E-state index in [-0.39, 0.29) is 0 Å². The third-order valence-corrected chi connectivity index (χ3v) is 2.41. The Hall–Kier alpha value is -0.890. The molecule has 0 fully saturated rings. The van der Waals surface area contributed by atoms with Crippen LogP contribution in [0.3, 0.4) is 0 Å². The topological polar surface area (TPSA) is 24.9 Å². The zero-order valence-electron chi connectivity index (χ0n) is 7.38. The molecule has 2 nitrogen and oxygen atoms in total. The molecule has 0 bridgehead atoms. The van der Waals surface area contributed by atoms with E-state index in [1.165, 1.54) is 24.1 Å². The molecule has 0 radical (unpaired) electrons. The van der Waals surface area contributed by atoms with Gasteiger partial charge in [-0.25, -0.2) is 0 Å². The van der Waals surface area contributed by atoms with Crippen LogP contribution < -0.4 is 5.32 Å². The molecular formula is C10H14N2. The summed E-state index contributed by atoms with van der Waals surface area (Å²) in [6, 6.07) is 4.71. The predicted molar refractivity (Wildman–Crippen MR) is 49.0 cm³/mol. The van der Waals surface area contributed by atoms with Gasteiger partial charge in [-0.1, -0.05) is 13.0 Å². The van der Waals surface area contributed by atoms with E-state index in [1.807, 2.05) is 12.3 Å². The van der Waals surface area contributed by atoms with Gasteiger partial charge in [-0.2, -0.15) is 0 Å². The number of rotatable bonds is 2. The number of aryl methyl sites for hydroxylation is 1. The Bertz CT molecular complexity index is 268. The molecule has 1 aromatic heterocycles. The molecule has 12 heavy (non-hydrogen) atoms. The second kappa shape index (κ2) is 3.23. The van der Waals surface area contributed by atoms with Crippen LogP contribution in [-0.2, 0) is 6.42 Å². The van der Waals surface area contributed by atoms with Crippen molar-refractivity contribution in [3.63, 3.8) is 0 Å². The maximum atomic E-state index is 4.40. The van der Waals surface area contributed by atoms with Crippen LogP contribution in [0.5, 0.6) is 0 Å². The van der Waals surface area contributed by atoms with Crippen molar-refractivity contribution in [2.75, 3.05) is 6.54 Å². The minimum atomic E-state index is 0.506. The van der Waals surface area contributed by atoms with Crippen molar-refractivity contribution in [3.05, 3.63) is 29.6 Å². The molecule has 1 aliphatic carbocycles. The molecule has 1 N–H and O–H groups in total. The first kappa shape index (κ1) is 7.74. The second-order valence-electron chi connectivity index (χ2n) is 3.20. The molecule has 64 valence electrons. The first-order valence-corrected chi connectivity index (χ1v) is 4.59. The minimum Gasteiger partial charge on any atom is -0.309 e. The maximum absolute atomic E-state index is 4.40. The van der Waals surface area contributed by atoms with Crippen molar-refractivity contribution < 1.29 is 0 Å². The Labute approximate surface area is 73.0 Å². The van der Waals surface area contributed by atoms with Crippen LogP contribution in [0.15, 0.2) is 18.3 Å². The lowest BCUT2D eigenvalue weighted by molar-refractivity contribution is 0.539. The first-order chi connectivity index (χ1) is 5.92. The maximum Gasteiger partial charge on any atom is 0.0605 e. The number of pyridine rings is 1. The van der Waals surface area contributed by atoms with Gasteiger partial charge in [-0.05, 0) is 31.0 Å². The molecule has 1 aromatic rings. The van der Waals surface area contributed by atoms with Gasteiger partial charge < -0.3 is 5.32 Å². The molecule has 0 spiro atoms. The van der Waals surface area contributed by atoms with Crippen LogP contribution >= 0.6 is 0 Å². The third-order valence-electron chi connectivity index (χ3n) is 2.41. The normalized spacial score (nSPS) is 20.9. The number of fused-ring (bicyclic) bond motifs is 1.